The Morgan fingerprint density at radius 1 is 0.963 bits per heavy atom. The Kier molecular flexibility index (Phi) is 7.27. The van der Waals surface area contributed by atoms with Crippen molar-refractivity contribution in [2.75, 3.05) is 33.8 Å². The van der Waals surface area contributed by atoms with Crippen molar-refractivity contribution in [2.45, 2.75) is 32.0 Å². The van der Waals surface area contributed by atoms with E-state index in [-0.39, 0.29) is 6.61 Å². The topological polar surface area (TPSA) is 35.9 Å². The summed E-state index contributed by atoms with van der Waals surface area (Å²) in [5.41, 5.74) is 2.47. The van der Waals surface area contributed by atoms with Crippen molar-refractivity contribution in [2.24, 2.45) is 5.92 Å². The van der Waals surface area contributed by atoms with E-state index in [1.54, 1.807) is 0 Å². The van der Waals surface area contributed by atoms with Gasteiger partial charge in [0.1, 0.15) is 12.4 Å². The third kappa shape index (κ3) is 6.06. The molecule has 0 spiro atoms. The summed E-state index contributed by atoms with van der Waals surface area (Å²) < 4.78 is 5.89. The van der Waals surface area contributed by atoms with E-state index in [1.807, 2.05) is 18.2 Å². The summed E-state index contributed by atoms with van der Waals surface area (Å²) in [5, 5.41) is 9.66. The van der Waals surface area contributed by atoms with Gasteiger partial charge in [-0.1, -0.05) is 42.5 Å². The van der Waals surface area contributed by atoms with Crippen molar-refractivity contribution in [3.05, 3.63) is 65.7 Å². The highest BCUT2D eigenvalue weighted by atomic mass is 16.5. The first-order chi connectivity index (χ1) is 13.1. The maximum Gasteiger partial charge on any atom is 0.119 e. The number of rotatable bonds is 7. The summed E-state index contributed by atoms with van der Waals surface area (Å²) in [5.74, 6) is 1.28. The van der Waals surface area contributed by atoms with Crippen molar-refractivity contribution in [1.29, 1.82) is 0 Å². The van der Waals surface area contributed by atoms with Gasteiger partial charge in [-0.05, 0) is 56.1 Å². The van der Waals surface area contributed by atoms with Crippen molar-refractivity contribution in [1.82, 2.24) is 9.80 Å². The van der Waals surface area contributed by atoms with Gasteiger partial charge in [0.15, 0.2) is 0 Å². The molecule has 0 unspecified atom stereocenters. The summed E-state index contributed by atoms with van der Waals surface area (Å²) in [6.45, 7) is 3.81. The molecule has 4 heteroatoms. The Morgan fingerprint density at radius 3 is 2.37 bits per heavy atom. The number of nitrogens with zero attached hydrogens (tertiary/aromatic N) is 2. The van der Waals surface area contributed by atoms with Crippen molar-refractivity contribution < 1.29 is 9.84 Å². The molecule has 0 aromatic heterocycles. The SMILES string of the molecule is CN(C)[C@@H]1CC[C@H](CO)CN(Cc2ccc(OCc3ccccc3)cc2)C1. The van der Waals surface area contributed by atoms with Crippen LogP contribution in [0.25, 0.3) is 0 Å². The Bertz CT molecular complexity index is 673. The summed E-state index contributed by atoms with van der Waals surface area (Å²) >= 11 is 0. The molecule has 4 nitrogen and oxygen atoms in total. The Labute approximate surface area is 163 Å². The number of aliphatic hydroxyl groups is 1. The second-order valence-corrected chi connectivity index (χ2v) is 7.86. The quantitative estimate of drug-likeness (QED) is 0.813. The van der Waals surface area contributed by atoms with Gasteiger partial charge in [0.2, 0.25) is 0 Å². The number of aliphatic hydroxyl groups excluding tert-OH is 1. The number of benzene rings is 2. The molecule has 1 heterocycles. The minimum Gasteiger partial charge on any atom is -0.489 e. The van der Waals surface area contributed by atoms with Gasteiger partial charge in [-0.15, -0.1) is 0 Å². The fourth-order valence-corrected chi connectivity index (χ4v) is 3.74. The first kappa shape index (κ1) is 19.9. The zero-order chi connectivity index (χ0) is 19.1. The van der Waals surface area contributed by atoms with Gasteiger partial charge < -0.3 is 14.7 Å². The molecule has 3 rings (SSSR count). The molecule has 0 radical (unpaired) electrons. The van der Waals surface area contributed by atoms with Crippen LogP contribution in [-0.2, 0) is 13.2 Å². The van der Waals surface area contributed by atoms with Gasteiger partial charge in [0.25, 0.3) is 0 Å². The maximum absolute atomic E-state index is 9.66. The fourth-order valence-electron chi connectivity index (χ4n) is 3.74. The molecule has 146 valence electrons. The van der Waals surface area contributed by atoms with Crippen molar-refractivity contribution in [3.63, 3.8) is 0 Å². The molecule has 0 aliphatic carbocycles. The van der Waals surface area contributed by atoms with Crippen LogP contribution in [0.3, 0.4) is 0 Å². The van der Waals surface area contributed by atoms with Crippen LogP contribution < -0.4 is 4.74 Å². The molecule has 0 bridgehead atoms. The third-order valence-electron chi connectivity index (χ3n) is 5.46. The van der Waals surface area contributed by atoms with Crippen molar-refractivity contribution >= 4 is 0 Å². The van der Waals surface area contributed by atoms with Gasteiger partial charge in [-0.3, -0.25) is 4.90 Å². The smallest absolute Gasteiger partial charge is 0.119 e. The van der Waals surface area contributed by atoms with Crippen LogP contribution in [0.2, 0.25) is 0 Å². The number of hydrogen-bond donors (Lipinski definition) is 1. The fraction of sp³-hybridized carbons (Fsp3) is 0.478. The highest BCUT2D eigenvalue weighted by Crippen LogP contribution is 2.22. The van der Waals surface area contributed by atoms with Crippen LogP contribution in [0, 0.1) is 5.92 Å². The van der Waals surface area contributed by atoms with Gasteiger partial charge in [0.05, 0.1) is 0 Å². The molecule has 1 aliphatic heterocycles. The number of likely N-dealkylation sites (N-methyl/N-ethyl adjacent to an activating group) is 1. The van der Waals surface area contributed by atoms with E-state index in [2.05, 4.69) is 60.3 Å². The lowest BCUT2D eigenvalue weighted by atomic mass is 10.0. The Morgan fingerprint density at radius 2 is 1.70 bits per heavy atom. The molecule has 0 amide bonds. The molecule has 0 saturated carbocycles. The Hall–Kier alpha value is -1.88. The molecule has 1 saturated heterocycles. The van der Waals surface area contributed by atoms with Crippen LogP contribution >= 0.6 is 0 Å². The van der Waals surface area contributed by atoms with E-state index in [4.69, 9.17) is 4.74 Å². The van der Waals surface area contributed by atoms with E-state index >= 15 is 0 Å². The van der Waals surface area contributed by atoms with Crippen LogP contribution in [-0.4, -0.2) is 54.7 Å². The van der Waals surface area contributed by atoms with Gasteiger partial charge in [-0.25, -0.2) is 0 Å². The maximum atomic E-state index is 9.66. The molecule has 2 aromatic rings. The number of likely N-dealkylation sites (tertiary alicyclic amines) is 1. The molecule has 2 aromatic carbocycles. The highest BCUT2D eigenvalue weighted by molar-refractivity contribution is 5.28. The Balaban J connectivity index is 1.57. The van der Waals surface area contributed by atoms with E-state index in [0.29, 0.717) is 18.6 Å². The average molecular weight is 369 g/mol. The zero-order valence-corrected chi connectivity index (χ0v) is 16.6. The average Bonchev–Trinajstić information content (AvgIpc) is 2.90. The highest BCUT2D eigenvalue weighted by Gasteiger charge is 2.24. The molecular formula is C23H32N2O2. The molecule has 1 fully saturated rings. The number of hydrogen-bond acceptors (Lipinski definition) is 4. The summed E-state index contributed by atoms with van der Waals surface area (Å²) in [6, 6.07) is 19.2. The van der Waals surface area contributed by atoms with E-state index < -0.39 is 0 Å². The first-order valence-electron chi connectivity index (χ1n) is 9.89. The lowest BCUT2D eigenvalue weighted by Crippen LogP contribution is -2.39. The van der Waals surface area contributed by atoms with E-state index in [0.717, 1.165) is 38.2 Å². The van der Waals surface area contributed by atoms with Crippen LogP contribution in [0.5, 0.6) is 5.75 Å². The van der Waals surface area contributed by atoms with E-state index in [9.17, 15) is 5.11 Å². The van der Waals surface area contributed by atoms with Gasteiger partial charge in [-0.2, -0.15) is 0 Å². The number of ether oxygens (including phenoxy) is 1. The normalized spacial score (nSPS) is 21.2. The third-order valence-corrected chi connectivity index (χ3v) is 5.46. The zero-order valence-electron chi connectivity index (χ0n) is 16.6. The molecule has 2 atom stereocenters. The van der Waals surface area contributed by atoms with E-state index in [1.165, 1.54) is 11.1 Å². The first-order valence-corrected chi connectivity index (χ1v) is 9.89. The monoisotopic (exact) mass is 368 g/mol. The summed E-state index contributed by atoms with van der Waals surface area (Å²) in [4.78, 5) is 4.80. The molecule has 1 N–H and O–H groups in total. The summed E-state index contributed by atoms with van der Waals surface area (Å²) in [6.07, 6.45) is 2.25. The van der Waals surface area contributed by atoms with Crippen LogP contribution in [0.4, 0.5) is 0 Å². The summed E-state index contributed by atoms with van der Waals surface area (Å²) in [7, 11) is 4.31. The lowest BCUT2D eigenvalue weighted by Gasteiger charge is -2.29. The molecular weight excluding hydrogens is 336 g/mol. The predicted molar refractivity (Wildman–Crippen MR) is 110 cm³/mol. The second-order valence-electron chi connectivity index (χ2n) is 7.86. The minimum atomic E-state index is 0.281. The molecule has 1 aliphatic rings. The minimum absolute atomic E-state index is 0.281. The lowest BCUT2D eigenvalue weighted by molar-refractivity contribution is 0.158. The standard InChI is InChI=1S/C23H32N2O2/c1-24(2)22-11-8-21(17-26)15-25(16-22)14-19-9-12-23(13-10-19)27-18-20-6-4-3-5-7-20/h3-7,9-10,12-13,21-22,26H,8,11,14-18H2,1-2H3/t21-,22+/m0/s1. The molecule has 27 heavy (non-hydrogen) atoms. The van der Waals surface area contributed by atoms with Gasteiger partial charge in [0, 0.05) is 32.3 Å². The van der Waals surface area contributed by atoms with Crippen LogP contribution in [0.1, 0.15) is 24.0 Å². The van der Waals surface area contributed by atoms with Crippen LogP contribution in [0.15, 0.2) is 54.6 Å². The second kappa shape index (κ2) is 9.88. The van der Waals surface area contributed by atoms with Crippen molar-refractivity contribution in [3.8, 4) is 5.75 Å². The largest absolute Gasteiger partial charge is 0.489 e. The van der Waals surface area contributed by atoms with Gasteiger partial charge >= 0.3 is 0 Å². The predicted octanol–water partition coefficient (Wildman–Crippen LogP) is 3.40.